The Morgan fingerprint density at radius 3 is 2.64 bits per heavy atom. The molecular weight excluding hydrogens is 518 g/mol. The van der Waals surface area contributed by atoms with Gasteiger partial charge in [-0.1, -0.05) is 42.1 Å². The maximum Gasteiger partial charge on any atom is 0.262 e. The summed E-state index contributed by atoms with van der Waals surface area (Å²) in [5.41, 5.74) is 1.42. The molecule has 5 rings (SSSR count). The molecule has 10 heteroatoms. The molecular formula is C29H29N3O6S. The second-order valence-corrected chi connectivity index (χ2v) is 9.85. The second-order valence-electron chi connectivity index (χ2n) is 8.90. The van der Waals surface area contributed by atoms with Crippen molar-refractivity contribution in [3.63, 3.8) is 0 Å². The monoisotopic (exact) mass is 547 g/mol. The molecule has 0 aliphatic carbocycles. The van der Waals surface area contributed by atoms with Crippen LogP contribution in [-0.4, -0.2) is 54.7 Å². The lowest BCUT2D eigenvalue weighted by Crippen LogP contribution is -2.37. The van der Waals surface area contributed by atoms with Crippen molar-refractivity contribution in [2.75, 3.05) is 33.1 Å². The van der Waals surface area contributed by atoms with E-state index in [2.05, 4.69) is 5.32 Å². The number of hydrogen-bond donors (Lipinski definition) is 1. The number of carbonyl (C=O) groups excluding carboxylic acids is 1. The van der Waals surface area contributed by atoms with Gasteiger partial charge in [0.15, 0.2) is 34.3 Å². The van der Waals surface area contributed by atoms with Gasteiger partial charge in [-0.15, -0.1) is 0 Å². The van der Waals surface area contributed by atoms with Gasteiger partial charge in [-0.05, 0) is 48.4 Å². The van der Waals surface area contributed by atoms with E-state index in [0.717, 1.165) is 5.56 Å². The Kier molecular flexibility index (Phi) is 8.21. The molecule has 0 spiro atoms. The van der Waals surface area contributed by atoms with Crippen LogP contribution in [0.25, 0.3) is 10.9 Å². The molecule has 1 atom stereocenters. The molecule has 39 heavy (non-hydrogen) atoms. The number of para-hydroxylation sites is 3. The van der Waals surface area contributed by atoms with Gasteiger partial charge in [0.05, 0.1) is 37.4 Å². The van der Waals surface area contributed by atoms with Crippen molar-refractivity contribution in [3.05, 3.63) is 82.6 Å². The predicted octanol–water partition coefficient (Wildman–Crippen LogP) is 3.70. The van der Waals surface area contributed by atoms with Crippen molar-refractivity contribution in [3.8, 4) is 23.0 Å². The van der Waals surface area contributed by atoms with E-state index in [9.17, 15) is 9.59 Å². The van der Waals surface area contributed by atoms with Crippen LogP contribution in [0.3, 0.4) is 0 Å². The summed E-state index contributed by atoms with van der Waals surface area (Å²) in [6.07, 6.45) is 0.256. The number of nitrogens with one attached hydrogen (secondary N) is 1. The number of ether oxygens (including phenoxy) is 4. The van der Waals surface area contributed by atoms with Crippen molar-refractivity contribution in [2.24, 2.45) is 0 Å². The summed E-state index contributed by atoms with van der Waals surface area (Å²) in [6.45, 7) is 1.00. The van der Waals surface area contributed by atoms with E-state index in [0.29, 0.717) is 58.6 Å². The number of thioether (sulfide) groups is 1. The molecule has 202 valence electrons. The van der Waals surface area contributed by atoms with E-state index in [-0.39, 0.29) is 29.9 Å². The van der Waals surface area contributed by atoms with Crippen molar-refractivity contribution in [1.82, 2.24) is 14.9 Å². The molecule has 0 saturated heterocycles. The van der Waals surface area contributed by atoms with E-state index in [4.69, 9.17) is 23.9 Å². The van der Waals surface area contributed by atoms with Gasteiger partial charge in [-0.2, -0.15) is 0 Å². The van der Waals surface area contributed by atoms with Crippen molar-refractivity contribution >= 4 is 28.6 Å². The maximum absolute atomic E-state index is 13.4. The Labute approximate surface area is 230 Å². The van der Waals surface area contributed by atoms with Crippen LogP contribution in [0.5, 0.6) is 23.0 Å². The Bertz CT molecular complexity index is 1540. The Balaban J connectivity index is 1.26. The van der Waals surface area contributed by atoms with Crippen LogP contribution in [0.1, 0.15) is 5.56 Å². The van der Waals surface area contributed by atoms with Gasteiger partial charge in [0.25, 0.3) is 5.56 Å². The number of carbonyl (C=O) groups is 1. The highest BCUT2D eigenvalue weighted by Crippen LogP contribution is 2.31. The summed E-state index contributed by atoms with van der Waals surface area (Å²) in [7, 11) is 3.18. The van der Waals surface area contributed by atoms with Crippen LogP contribution < -0.4 is 29.8 Å². The van der Waals surface area contributed by atoms with Gasteiger partial charge in [0.2, 0.25) is 5.91 Å². The van der Waals surface area contributed by atoms with Gasteiger partial charge in [-0.25, -0.2) is 4.98 Å². The van der Waals surface area contributed by atoms with Crippen LogP contribution in [0.2, 0.25) is 0 Å². The molecule has 0 unspecified atom stereocenters. The van der Waals surface area contributed by atoms with E-state index >= 15 is 0 Å². The molecule has 1 aromatic heterocycles. The molecule has 1 N–H and O–H groups in total. The lowest BCUT2D eigenvalue weighted by molar-refractivity contribution is -0.118. The van der Waals surface area contributed by atoms with Crippen molar-refractivity contribution in [2.45, 2.75) is 24.2 Å². The molecule has 2 heterocycles. The van der Waals surface area contributed by atoms with Crippen LogP contribution in [0.4, 0.5) is 0 Å². The Hall–Kier alpha value is -4.18. The largest absolute Gasteiger partial charge is 0.493 e. The van der Waals surface area contributed by atoms with E-state index < -0.39 is 0 Å². The van der Waals surface area contributed by atoms with Crippen molar-refractivity contribution in [1.29, 1.82) is 0 Å². The zero-order chi connectivity index (χ0) is 27.2. The first kappa shape index (κ1) is 26.4. The summed E-state index contributed by atoms with van der Waals surface area (Å²) in [6, 6.07) is 20.3. The summed E-state index contributed by atoms with van der Waals surface area (Å²) < 4.78 is 24.1. The minimum Gasteiger partial charge on any atom is -0.493 e. The number of fused-ring (bicyclic) bond motifs is 2. The second kappa shape index (κ2) is 12.1. The molecule has 0 bridgehead atoms. The fraction of sp³-hybridized carbons (Fsp3) is 0.276. The number of amides is 1. The summed E-state index contributed by atoms with van der Waals surface area (Å²) in [5, 5.41) is 3.91. The number of hydrogen-bond acceptors (Lipinski definition) is 8. The van der Waals surface area contributed by atoms with Gasteiger partial charge >= 0.3 is 0 Å². The average Bonchev–Trinajstić information content (AvgIpc) is 2.97. The number of nitrogens with zero attached hydrogens (tertiary/aromatic N) is 2. The number of aromatic nitrogens is 2. The normalized spacial score (nSPS) is 14.2. The Morgan fingerprint density at radius 2 is 1.82 bits per heavy atom. The number of methoxy groups -OCH3 is 2. The van der Waals surface area contributed by atoms with Crippen LogP contribution >= 0.6 is 11.8 Å². The molecule has 9 nitrogen and oxygen atoms in total. The minimum atomic E-state index is -0.379. The third-order valence-electron chi connectivity index (χ3n) is 6.30. The molecule has 0 radical (unpaired) electrons. The fourth-order valence-corrected chi connectivity index (χ4v) is 5.18. The molecule has 1 aliphatic rings. The van der Waals surface area contributed by atoms with Crippen LogP contribution in [0.15, 0.2) is 76.7 Å². The summed E-state index contributed by atoms with van der Waals surface area (Å²) in [4.78, 5) is 30.8. The summed E-state index contributed by atoms with van der Waals surface area (Å²) in [5.74, 6) is 2.58. The van der Waals surface area contributed by atoms with Gasteiger partial charge in [0, 0.05) is 6.54 Å². The molecule has 4 aromatic rings. The lowest BCUT2D eigenvalue weighted by Gasteiger charge is -2.27. The SMILES string of the molecule is COc1ccc(CCNC(=O)CSc2nc3ccccc3c(=O)n2C[C@@H]2COc3ccccc3O2)cc1OC. The van der Waals surface area contributed by atoms with Gasteiger partial charge in [0.1, 0.15) is 6.61 Å². The van der Waals surface area contributed by atoms with Crippen LogP contribution in [0, 0.1) is 0 Å². The average molecular weight is 548 g/mol. The zero-order valence-corrected chi connectivity index (χ0v) is 22.5. The highest BCUT2D eigenvalue weighted by Gasteiger charge is 2.24. The van der Waals surface area contributed by atoms with Crippen molar-refractivity contribution < 1.29 is 23.7 Å². The first-order valence-corrected chi connectivity index (χ1v) is 13.5. The Morgan fingerprint density at radius 1 is 1.05 bits per heavy atom. The fourth-order valence-electron chi connectivity index (χ4n) is 4.34. The highest BCUT2D eigenvalue weighted by atomic mass is 32.2. The highest BCUT2D eigenvalue weighted by molar-refractivity contribution is 7.99. The smallest absolute Gasteiger partial charge is 0.262 e. The van der Waals surface area contributed by atoms with E-state index in [1.54, 1.807) is 30.9 Å². The summed E-state index contributed by atoms with van der Waals surface area (Å²) >= 11 is 1.22. The first-order chi connectivity index (χ1) is 19.1. The number of rotatable bonds is 10. The van der Waals surface area contributed by atoms with Crippen LogP contribution in [-0.2, 0) is 17.8 Å². The lowest BCUT2D eigenvalue weighted by atomic mass is 10.1. The third kappa shape index (κ3) is 6.12. The van der Waals surface area contributed by atoms with E-state index in [1.807, 2.05) is 54.6 Å². The van der Waals surface area contributed by atoms with Gasteiger partial charge < -0.3 is 24.3 Å². The van der Waals surface area contributed by atoms with Gasteiger partial charge in [-0.3, -0.25) is 14.2 Å². The maximum atomic E-state index is 13.4. The molecule has 1 amide bonds. The molecule has 0 saturated carbocycles. The number of benzene rings is 3. The third-order valence-corrected chi connectivity index (χ3v) is 7.27. The minimum absolute atomic E-state index is 0.113. The topological polar surface area (TPSA) is 101 Å². The quantitative estimate of drug-likeness (QED) is 0.237. The molecule has 0 fully saturated rings. The first-order valence-electron chi connectivity index (χ1n) is 12.5. The zero-order valence-electron chi connectivity index (χ0n) is 21.7. The molecule has 1 aliphatic heterocycles. The van der Waals surface area contributed by atoms with E-state index in [1.165, 1.54) is 11.8 Å². The molecule has 3 aromatic carbocycles. The predicted molar refractivity (Wildman–Crippen MR) is 149 cm³/mol. The standard InChI is InChI=1S/C29H29N3O6S/c1-35-23-12-11-19(15-26(23)36-2)13-14-30-27(33)18-39-29-31-22-8-4-3-7-21(22)28(34)32(29)16-20-17-37-24-9-5-6-10-25(24)38-20/h3-12,15,20H,13-14,16-18H2,1-2H3,(H,30,33)/t20-/m1/s1.